The molecule has 0 bridgehead atoms. The fourth-order valence-corrected chi connectivity index (χ4v) is 4.40. The topological polar surface area (TPSA) is 85.5 Å². The lowest BCUT2D eigenvalue weighted by Gasteiger charge is -2.40. The maximum atomic E-state index is 13.5. The van der Waals surface area contributed by atoms with E-state index in [9.17, 15) is 9.59 Å². The van der Waals surface area contributed by atoms with Gasteiger partial charge in [0.2, 0.25) is 0 Å². The second-order valence-corrected chi connectivity index (χ2v) is 8.43. The molecular formula is C24H27N3O4. The molecule has 1 aliphatic rings. The van der Waals surface area contributed by atoms with Crippen molar-refractivity contribution in [3.05, 3.63) is 58.9 Å². The molecular weight excluding hydrogens is 394 g/mol. The number of amides is 1. The number of piperidine rings is 1. The second kappa shape index (κ2) is 8.13. The molecule has 0 radical (unpaired) electrons. The Labute approximate surface area is 181 Å². The number of benzene rings is 1. The number of rotatable bonds is 4. The number of aryl methyl sites for hydroxylation is 1. The van der Waals surface area contributed by atoms with Crippen LogP contribution in [-0.4, -0.2) is 47.1 Å². The Kier molecular flexibility index (Phi) is 5.52. The van der Waals surface area contributed by atoms with Gasteiger partial charge < -0.3 is 14.2 Å². The molecule has 1 saturated heterocycles. The molecule has 0 unspecified atom stereocenters. The van der Waals surface area contributed by atoms with E-state index >= 15 is 0 Å². The molecule has 0 N–H and O–H groups in total. The molecule has 3 heterocycles. The van der Waals surface area contributed by atoms with E-state index in [1.165, 1.54) is 7.11 Å². The van der Waals surface area contributed by atoms with E-state index in [2.05, 4.69) is 10.1 Å². The Morgan fingerprint density at radius 2 is 1.84 bits per heavy atom. The summed E-state index contributed by atoms with van der Waals surface area (Å²) in [6.07, 6.45) is 1.01. The number of aromatic nitrogens is 2. The standard InChI is InChI=1S/C24H27N3O4/c1-15(2)19-14-18(20-16(3)26-31-21(20)25-19)22(28)27-12-10-24(11-13-27,23(29)30-4)17-8-6-5-7-9-17/h5-9,14-15H,10-13H2,1-4H3. The average molecular weight is 421 g/mol. The van der Waals surface area contributed by atoms with Crippen LogP contribution in [0.1, 0.15) is 59.9 Å². The van der Waals surface area contributed by atoms with Crippen LogP contribution in [0, 0.1) is 6.92 Å². The third-order valence-electron chi connectivity index (χ3n) is 6.27. The van der Waals surface area contributed by atoms with E-state index in [0.29, 0.717) is 48.3 Å². The number of ether oxygens (including phenoxy) is 1. The van der Waals surface area contributed by atoms with Crippen molar-refractivity contribution in [1.82, 2.24) is 15.0 Å². The number of fused-ring (bicyclic) bond motifs is 1. The number of hydrogen-bond donors (Lipinski definition) is 0. The highest BCUT2D eigenvalue weighted by Crippen LogP contribution is 2.37. The number of likely N-dealkylation sites (tertiary alicyclic amines) is 1. The van der Waals surface area contributed by atoms with Crippen molar-refractivity contribution in [2.24, 2.45) is 0 Å². The molecule has 2 aromatic heterocycles. The van der Waals surface area contributed by atoms with Crippen molar-refractivity contribution >= 4 is 23.0 Å². The number of nitrogens with zero attached hydrogens (tertiary/aromatic N) is 3. The highest BCUT2D eigenvalue weighted by Gasteiger charge is 2.45. The number of esters is 1. The largest absolute Gasteiger partial charge is 0.468 e. The van der Waals surface area contributed by atoms with E-state index in [4.69, 9.17) is 9.26 Å². The van der Waals surface area contributed by atoms with Gasteiger partial charge in [0.1, 0.15) is 0 Å². The second-order valence-electron chi connectivity index (χ2n) is 8.43. The number of hydrogen-bond acceptors (Lipinski definition) is 6. The quantitative estimate of drug-likeness (QED) is 0.592. The zero-order valence-corrected chi connectivity index (χ0v) is 18.3. The molecule has 0 aliphatic carbocycles. The van der Waals surface area contributed by atoms with Gasteiger partial charge in [-0.25, -0.2) is 4.98 Å². The van der Waals surface area contributed by atoms with Gasteiger partial charge in [-0.05, 0) is 37.3 Å². The van der Waals surface area contributed by atoms with Crippen LogP contribution >= 0.6 is 0 Å². The third kappa shape index (κ3) is 3.58. The molecule has 1 aliphatic heterocycles. The minimum absolute atomic E-state index is 0.0906. The minimum atomic E-state index is -0.740. The molecule has 7 heteroatoms. The van der Waals surface area contributed by atoms with Crippen molar-refractivity contribution in [2.75, 3.05) is 20.2 Å². The van der Waals surface area contributed by atoms with Crippen molar-refractivity contribution in [3.63, 3.8) is 0 Å². The molecule has 0 saturated carbocycles. The summed E-state index contributed by atoms with van der Waals surface area (Å²) >= 11 is 0. The molecule has 162 valence electrons. The predicted molar refractivity (Wildman–Crippen MR) is 116 cm³/mol. The maximum Gasteiger partial charge on any atom is 0.316 e. The lowest BCUT2D eigenvalue weighted by atomic mass is 9.72. The Balaban J connectivity index is 1.65. The Hall–Kier alpha value is -3.22. The van der Waals surface area contributed by atoms with Gasteiger partial charge in [0.05, 0.1) is 29.2 Å². The zero-order chi connectivity index (χ0) is 22.2. The van der Waals surface area contributed by atoms with Gasteiger partial charge in [-0.2, -0.15) is 0 Å². The van der Waals surface area contributed by atoms with Crippen LogP contribution in [0.25, 0.3) is 11.1 Å². The van der Waals surface area contributed by atoms with Gasteiger partial charge in [0, 0.05) is 18.8 Å². The molecule has 7 nitrogen and oxygen atoms in total. The first kappa shape index (κ1) is 21.0. The van der Waals surface area contributed by atoms with Gasteiger partial charge in [-0.3, -0.25) is 9.59 Å². The molecule has 31 heavy (non-hydrogen) atoms. The Morgan fingerprint density at radius 1 is 1.16 bits per heavy atom. The van der Waals surface area contributed by atoms with Crippen molar-refractivity contribution in [1.29, 1.82) is 0 Å². The number of carbonyl (C=O) groups excluding carboxylic acids is 2. The van der Waals surface area contributed by atoms with Crippen LogP contribution < -0.4 is 0 Å². The lowest BCUT2D eigenvalue weighted by Crippen LogP contribution is -2.49. The van der Waals surface area contributed by atoms with Crippen LogP contribution in [-0.2, 0) is 14.9 Å². The van der Waals surface area contributed by atoms with E-state index < -0.39 is 5.41 Å². The summed E-state index contributed by atoms with van der Waals surface area (Å²) in [5.41, 5.74) is 2.56. The Morgan fingerprint density at radius 3 is 2.45 bits per heavy atom. The van der Waals surface area contributed by atoms with E-state index in [1.54, 1.807) is 4.90 Å². The van der Waals surface area contributed by atoms with Gasteiger partial charge in [0.15, 0.2) is 0 Å². The first-order valence-corrected chi connectivity index (χ1v) is 10.6. The van der Waals surface area contributed by atoms with E-state index in [1.807, 2.05) is 57.2 Å². The van der Waals surface area contributed by atoms with Gasteiger partial charge in [-0.1, -0.05) is 49.3 Å². The monoisotopic (exact) mass is 421 g/mol. The average Bonchev–Trinajstić information content (AvgIpc) is 3.18. The summed E-state index contributed by atoms with van der Waals surface area (Å²) in [5.74, 6) is -0.200. The minimum Gasteiger partial charge on any atom is -0.468 e. The van der Waals surface area contributed by atoms with Crippen LogP contribution in [0.3, 0.4) is 0 Å². The van der Waals surface area contributed by atoms with Gasteiger partial charge in [-0.15, -0.1) is 0 Å². The molecule has 1 fully saturated rings. The summed E-state index contributed by atoms with van der Waals surface area (Å²) in [4.78, 5) is 32.6. The molecule has 0 atom stereocenters. The van der Waals surface area contributed by atoms with Crippen LogP contribution in [0.15, 0.2) is 40.9 Å². The normalized spacial score (nSPS) is 16.0. The molecule has 0 spiro atoms. The Bertz CT molecular complexity index is 1110. The van der Waals surface area contributed by atoms with Crippen molar-refractivity contribution in [3.8, 4) is 0 Å². The first-order valence-electron chi connectivity index (χ1n) is 10.6. The number of carbonyl (C=O) groups is 2. The lowest BCUT2D eigenvalue weighted by molar-refractivity contribution is -0.149. The summed E-state index contributed by atoms with van der Waals surface area (Å²) in [6, 6.07) is 11.5. The van der Waals surface area contributed by atoms with Gasteiger partial charge in [0.25, 0.3) is 11.6 Å². The summed E-state index contributed by atoms with van der Waals surface area (Å²) < 4.78 is 10.5. The van der Waals surface area contributed by atoms with E-state index in [0.717, 1.165) is 11.3 Å². The molecule has 3 aromatic rings. The highest BCUT2D eigenvalue weighted by molar-refractivity contribution is 6.06. The van der Waals surface area contributed by atoms with Crippen molar-refractivity contribution < 1.29 is 18.8 Å². The summed E-state index contributed by atoms with van der Waals surface area (Å²) in [7, 11) is 1.42. The van der Waals surface area contributed by atoms with Crippen LogP contribution in [0.4, 0.5) is 0 Å². The third-order valence-corrected chi connectivity index (χ3v) is 6.27. The fourth-order valence-electron chi connectivity index (χ4n) is 4.40. The molecule has 1 amide bonds. The highest BCUT2D eigenvalue weighted by atomic mass is 16.5. The first-order chi connectivity index (χ1) is 14.9. The summed E-state index contributed by atoms with van der Waals surface area (Å²) in [5, 5.41) is 4.67. The predicted octanol–water partition coefficient (Wildman–Crippen LogP) is 4.00. The van der Waals surface area contributed by atoms with Crippen molar-refractivity contribution in [2.45, 2.75) is 44.9 Å². The van der Waals surface area contributed by atoms with Crippen LogP contribution in [0.2, 0.25) is 0 Å². The summed E-state index contributed by atoms with van der Waals surface area (Å²) in [6.45, 7) is 6.77. The zero-order valence-electron chi connectivity index (χ0n) is 18.3. The van der Waals surface area contributed by atoms with Gasteiger partial charge >= 0.3 is 5.97 Å². The smallest absolute Gasteiger partial charge is 0.316 e. The number of pyridine rings is 1. The molecule has 1 aromatic carbocycles. The number of methoxy groups -OCH3 is 1. The van der Waals surface area contributed by atoms with Crippen LogP contribution in [0.5, 0.6) is 0 Å². The van der Waals surface area contributed by atoms with E-state index in [-0.39, 0.29) is 17.8 Å². The fraction of sp³-hybridized carbons (Fsp3) is 0.417. The molecule has 4 rings (SSSR count). The maximum absolute atomic E-state index is 13.5. The SMILES string of the molecule is COC(=O)C1(c2ccccc2)CCN(C(=O)c2cc(C(C)C)nc3onc(C)c23)CC1.